The fourth-order valence-electron chi connectivity index (χ4n) is 3.12. The predicted molar refractivity (Wildman–Crippen MR) is 75.1 cm³/mol. The first-order valence-electron chi connectivity index (χ1n) is 7.21. The van der Waals surface area contributed by atoms with Gasteiger partial charge in [0.15, 0.2) is 0 Å². The van der Waals surface area contributed by atoms with E-state index in [9.17, 15) is 14.7 Å². The molecule has 0 aromatic heterocycles. The molecule has 0 spiro atoms. The lowest BCUT2D eigenvalue weighted by Crippen LogP contribution is -2.58. The summed E-state index contributed by atoms with van der Waals surface area (Å²) >= 11 is 0. The lowest BCUT2D eigenvalue weighted by molar-refractivity contribution is -0.143. The number of urea groups is 1. The lowest BCUT2D eigenvalue weighted by Gasteiger charge is -2.43. The molecule has 0 bridgehead atoms. The normalized spacial score (nSPS) is 32.0. The van der Waals surface area contributed by atoms with E-state index in [-0.39, 0.29) is 25.3 Å². The Morgan fingerprint density at radius 3 is 2.57 bits per heavy atom. The minimum absolute atomic E-state index is 0.0406. The van der Waals surface area contributed by atoms with Crippen molar-refractivity contribution in [2.75, 3.05) is 33.4 Å². The molecule has 0 aromatic carbocycles. The van der Waals surface area contributed by atoms with Crippen molar-refractivity contribution >= 4 is 12.0 Å². The van der Waals surface area contributed by atoms with Crippen LogP contribution in [-0.2, 0) is 14.3 Å². The number of carbonyl (C=O) groups is 2. The molecular formula is C14H24N2O5. The van der Waals surface area contributed by atoms with Gasteiger partial charge in [0.2, 0.25) is 0 Å². The molecule has 2 aliphatic rings. The van der Waals surface area contributed by atoms with Gasteiger partial charge in [0.1, 0.15) is 5.92 Å². The molecule has 0 aliphatic carbocycles. The van der Waals surface area contributed by atoms with E-state index in [1.165, 1.54) is 4.90 Å². The van der Waals surface area contributed by atoms with Gasteiger partial charge in [-0.15, -0.1) is 0 Å². The van der Waals surface area contributed by atoms with E-state index < -0.39 is 23.5 Å². The van der Waals surface area contributed by atoms with Crippen LogP contribution >= 0.6 is 0 Å². The van der Waals surface area contributed by atoms with Crippen LogP contribution in [0, 0.1) is 5.92 Å². The van der Waals surface area contributed by atoms with Crippen LogP contribution in [0.2, 0.25) is 0 Å². The Kier molecular flexibility index (Phi) is 4.43. The maximum absolute atomic E-state index is 12.6. The van der Waals surface area contributed by atoms with Crippen molar-refractivity contribution in [3.8, 4) is 0 Å². The van der Waals surface area contributed by atoms with Crippen molar-refractivity contribution in [3.63, 3.8) is 0 Å². The highest BCUT2D eigenvalue weighted by Gasteiger charge is 2.41. The SMILES string of the molecule is CC1CN(C(=O)N(C)C2COCC2C(=O)O)CC(C)(C)O1. The number of ether oxygens (including phenoxy) is 2. The average Bonchev–Trinajstić information content (AvgIpc) is 2.83. The third-order valence-electron chi connectivity index (χ3n) is 4.01. The molecule has 120 valence electrons. The van der Waals surface area contributed by atoms with Crippen LogP contribution in [0.3, 0.4) is 0 Å². The first-order valence-corrected chi connectivity index (χ1v) is 7.21. The fraction of sp³-hybridized carbons (Fsp3) is 0.857. The molecule has 2 fully saturated rings. The van der Waals surface area contributed by atoms with Gasteiger partial charge in [-0.1, -0.05) is 0 Å². The van der Waals surface area contributed by atoms with Crippen LogP contribution in [0.4, 0.5) is 4.79 Å². The molecule has 0 radical (unpaired) electrons. The first kappa shape index (κ1) is 16.0. The third-order valence-corrected chi connectivity index (χ3v) is 4.01. The second kappa shape index (κ2) is 5.81. The lowest BCUT2D eigenvalue weighted by atomic mass is 10.0. The Hall–Kier alpha value is -1.34. The van der Waals surface area contributed by atoms with Gasteiger partial charge in [-0.05, 0) is 20.8 Å². The molecule has 7 heteroatoms. The number of nitrogens with zero attached hydrogens (tertiary/aromatic N) is 2. The summed E-state index contributed by atoms with van der Waals surface area (Å²) in [5, 5.41) is 9.20. The van der Waals surface area contributed by atoms with E-state index in [0.717, 1.165) is 0 Å². The minimum Gasteiger partial charge on any atom is -0.481 e. The Labute approximate surface area is 124 Å². The highest BCUT2D eigenvalue weighted by molar-refractivity contribution is 5.77. The largest absolute Gasteiger partial charge is 0.481 e. The summed E-state index contributed by atoms with van der Waals surface area (Å²) in [6.07, 6.45) is -0.0406. The van der Waals surface area contributed by atoms with Crippen molar-refractivity contribution in [1.82, 2.24) is 9.80 Å². The molecule has 2 amide bonds. The molecule has 21 heavy (non-hydrogen) atoms. The monoisotopic (exact) mass is 300 g/mol. The van der Waals surface area contributed by atoms with Gasteiger partial charge in [0.05, 0.1) is 37.5 Å². The third kappa shape index (κ3) is 3.47. The van der Waals surface area contributed by atoms with Crippen molar-refractivity contribution < 1.29 is 24.2 Å². The summed E-state index contributed by atoms with van der Waals surface area (Å²) in [6.45, 7) is 7.25. The van der Waals surface area contributed by atoms with E-state index in [0.29, 0.717) is 13.1 Å². The van der Waals surface area contributed by atoms with Crippen LogP contribution in [0.5, 0.6) is 0 Å². The zero-order chi connectivity index (χ0) is 15.8. The van der Waals surface area contributed by atoms with E-state index >= 15 is 0 Å². The predicted octanol–water partition coefficient (Wildman–Crippen LogP) is 0.637. The van der Waals surface area contributed by atoms with E-state index in [1.807, 2.05) is 20.8 Å². The zero-order valence-corrected chi connectivity index (χ0v) is 13.0. The standard InChI is InChI=1S/C14H24N2O5/c1-9-5-16(8-14(2,3)21-9)13(19)15(4)11-7-20-6-10(11)12(17)18/h9-11H,5-8H2,1-4H3,(H,17,18). The number of amides is 2. The number of carbonyl (C=O) groups excluding carboxylic acids is 1. The van der Waals surface area contributed by atoms with Crippen LogP contribution < -0.4 is 0 Å². The molecule has 2 aliphatic heterocycles. The molecule has 2 rings (SSSR count). The molecule has 3 atom stereocenters. The molecule has 0 saturated carbocycles. The summed E-state index contributed by atoms with van der Waals surface area (Å²) in [5.41, 5.74) is -0.396. The van der Waals surface area contributed by atoms with Gasteiger partial charge < -0.3 is 24.4 Å². The highest BCUT2D eigenvalue weighted by Crippen LogP contribution is 2.24. The Bertz CT molecular complexity index is 426. The number of carboxylic acids is 1. The van der Waals surface area contributed by atoms with Crippen LogP contribution in [-0.4, -0.2) is 78.0 Å². The number of carboxylic acid groups (broad SMARTS) is 1. The highest BCUT2D eigenvalue weighted by atomic mass is 16.5. The van der Waals surface area contributed by atoms with Crippen molar-refractivity contribution in [2.45, 2.75) is 38.5 Å². The Morgan fingerprint density at radius 1 is 1.33 bits per heavy atom. The van der Waals surface area contributed by atoms with Gasteiger partial charge in [0, 0.05) is 13.6 Å². The summed E-state index contributed by atoms with van der Waals surface area (Å²) in [7, 11) is 1.64. The van der Waals surface area contributed by atoms with Crippen LogP contribution in [0.15, 0.2) is 0 Å². The van der Waals surface area contributed by atoms with Gasteiger partial charge >= 0.3 is 12.0 Å². The molecular weight excluding hydrogens is 276 g/mol. The zero-order valence-electron chi connectivity index (χ0n) is 13.0. The summed E-state index contributed by atoms with van der Waals surface area (Å²) in [5.74, 6) is -1.58. The Morgan fingerprint density at radius 2 is 2.00 bits per heavy atom. The summed E-state index contributed by atoms with van der Waals surface area (Å²) < 4.78 is 11.0. The number of hydrogen-bond donors (Lipinski definition) is 1. The minimum atomic E-state index is -0.923. The van der Waals surface area contributed by atoms with Crippen LogP contribution in [0.25, 0.3) is 0 Å². The topological polar surface area (TPSA) is 79.3 Å². The molecule has 2 heterocycles. The first-order chi connectivity index (χ1) is 9.71. The summed E-state index contributed by atoms with van der Waals surface area (Å²) in [4.78, 5) is 27.1. The molecule has 1 N–H and O–H groups in total. The molecule has 3 unspecified atom stereocenters. The summed E-state index contributed by atoms with van der Waals surface area (Å²) in [6, 6.07) is -0.587. The maximum atomic E-state index is 12.6. The number of rotatable bonds is 2. The second-order valence-electron chi connectivity index (χ2n) is 6.51. The smallest absolute Gasteiger partial charge is 0.320 e. The number of aliphatic carboxylic acids is 1. The van der Waals surface area contributed by atoms with Crippen LogP contribution in [0.1, 0.15) is 20.8 Å². The van der Waals surface area contributed by atoms with Gasteiger partial charge in [-0.25, -0.2) is 4.79 Å². The van der Waals surface area contributed by atoms with Gasteiger partial charge in [-0.2, -0.15) is 0 Å². The maximum Gasteiger partial charge on any atom is 0.320 e. The molecule has 7 nitrogen and oxygen atoms in total. The van der Waals surface area contributed by atoms with Crippen molar-refractivity contribution in [2.24, 2.45) is 5.92 Å². The fourth-order valence-corrected chi connectivity index (χ4v) is 3.12. The quantitative estimate of drug-likeness (QED) is 0.809. The Balaban J connectivity index is 2.06. The van der Waals surface area contributed by atoms with Crippen molar-refractivity contribution in [1.29, 1.82) is 0 Å². The number of hydrogen-bond acceptors (Lipinski definition) is 4. The molecule has 0 aromatic rings. The second-order valence-corrected chi connectivity index (χ2v) is 6.51. The van der Waals surface area contributed by atoms with E-state index in [2.05, 4.69) is 0 Å². The number of morpholine rings is 1. The van der Waals surface area contributed by atoms with E-state index in [4.69, 9.17) is 9.47 Å². The van der Waals surface area contributed by atoms with E-state index in [1.54, 1.807) is 11.9 Å². The molecule has 2 saturated heterocycles. The average molecular weight is 300 g/mol. The van der Waals surface area contributed by atoms with Crippen molar-refractivity contribution in [3.05, 3.63) is 0 Å². The number of likely N-dealkylation sites (N-methyl/N-ethyl adjacent to an activating group) is 1. The van der Waals surface area contributed by atoms with Gasteiger partial charge in [0.25, 0.3) is 0 Å². The van der Waals surface area contributed by atoms with Gasteiger partial charge in [-0.3, -0.25) is 4.79 Å².